The van der Waals surface area contributed by atoms with Crippen molar-refractivity contribution in [1.29, 1.82) is 0 Å². The highest BCUT2D eigenvalue weighted by atomic mass is 16.2. The van der Waals surface area contributed by atoms with Gasteiger partial charge in [0.05, 0.1) is 17.8 Å². The Morgan fingerprint density at radius 1 is 0.909 bits per heavy atom. The van der Waals surface area contributed by atoms with E-state index in [1.165, 1.54) is 19.4 Å². The van der Waals surface area contributed by atoms with Gasteiger partial charge in [0.2, 0.25) is 5.91 Å². The number of rotatable bonds is 4. The molecule has 0 saturated carbocycles. The minimum atomic E-state index is -0.220. The van der Waals surface area contributed by atoms with E-state index in [2.05, 4.69) is 27.1 Å². The topological polar surface area (TPSA) is 73.0 Å². The molecule has 2 aromatic carbocycles. The number of likely N-dealkylation sites (tertiary alicyclic amines) is 1. The molecule has 0 aromatic heterocycles. The van der Waals surface area contributed by atoms with Crippen LogP contribution in [-0.4, -0.2) is 91.1 Å². The predicted octanol–water partition coefficient (Wildman–Crippen LogP) is 2.11. The number of ketones is 2. The van der Waals surface area contributed by atoms with Crippen LogP contribution in [0.15, 0.2) is 42.5 Å². The Balaban J connectivity index is 1.23. The van der Waals surface area contributed by atoms with Crippen molar-refractivity contribution in [3.05, 3.63) is 64.7 Å². The van der Waals surface area contributed by atoms with E-state index >= 15 is 0 Å². The van der Waals surface area contributed by atoms with Gasteiger partial charge in [0, 0.05) is 55.5 Å². The Hall–Kier alpha value is -2.87. The number of anilines is 1. The summed E-state index contributed by atoms with van der Waals surface area (Å²) < 4.78 is 0. The van der Waals surface area contributed by atoms with Crippen molar-refractivity contribution >= 4 is 23.2 Å². The molecule has 2 heterocycles. The minimum absolute atomic E-state index is 0.159. The first-order valence-corrected chi connectivity index (χ1v) is 11.8. The largest absolute Gasteiger partial charge is 0.324 e. The van der Waals surface area contributed by atoms with Crippen molar-refractivity contribution in [3.63, 3.8) is 0 Å². The highest BCUT2D eigenvalue weighted by molar-refractivity contribution is 6.30. The van der Waals surface area contributed by atoms with Crippen molar-refractivity contribution in [2.24, 2.45) is 0 Å². The molecule has 1 unspecified atom stereocenters. The Kier molecular flexibility index (Phi) is 6.10. The van der Waals surface area contributed by atoms with Crippen LogP contribution in [0.5, 0.6) is 0 Å². The van der Waals surface area contributed by atoms with Gasteiger partial charge in [0.25, 0.3) is 0 Å². The molecule has 2 aliphatic heterocycles. The van der Waals surface area contributed by atoms with Gasteiger partial charge in [0.15, 0.2) is 11.6 Å². The maximum absolute atomic E-state index is 13.1. The molecule has 2 aromatic rings. The Morgan fingerprint density at radius 2 is 1.61 bits per heavy atom. The number of nitrogens with zero attached hydrogens (tertiary/aromatic N) is 3. The summed E-state index contributed by atoms with van der Waals surface area (Å²) in [6, 6.07) is 12.5. The summed E-state index contributed by atoms with van der Waals surface area (Å²) in [5, 5.41) is 2.91. The molecule has 0 bridgehead atoms. The van der Waals surface area contributed by atoms with Crippen molar-refractivity contribution < 1.29 is 14.4 Å². The zero-order valence-corrected chi connectivity index (χ0v) is 19.0. The van der Waals surface area contributed by atoms with Crippen molar-refractivity contribution in [2.75, 3.05) is 58.2 Å². The van der Waals surface area contributed by atoms with Gasteiger partial charge in [-0.1, -0.05) is 36.4 Å². The molecule has 0 spiro atoms. The van der Waals surface area contributed by atoms with Gasteiger partial charge in [-0.2, -0.15) is 0 Å². The van der Waals surface area contributed by atoms with E-state index in [1.807, 2.05) is 0 Å². The number of hydrogen-bond donors (Lipinski definition) is 1. The second-order valence-corrected chi connectivity index (χ2v) is 9.35. The Bertz CT molecular complexity index is 1090. The third-order valence-electron chi connectivity index (χ3n) is 7.12. The van der Waals surface area contributed by atoms with Crippen LogP contribution in [0.4, 0.5) is 5.69 Å². The number of carbonyl (C=O) groups excluding carboxylic acids is 3. The summed E-state index contributed by atoms with van der Waals surface area (Å²) in [4.78, 5) is 46.0. The number of piperazine rings is 1. The average molecular weight is 447 g/mol. The van der Waals surface area contributed by atoms with Gasteiger partial charge in [0.1, 0.15) is 0 Å². The van der Waals surface area contributed by atoms with Crippen molar-refractivity contribution in [2.45, 2.75) is 18.9 Å². The molecule has 2 saturated heterocycles. The van der Waals surface area contributed by atoms with Crippen molar-refractivity contribution in [1.82, 2.24) is 14.7 Å². The third kappa shape index (κ3) is 4.36. The van der Waals surface area contributed by atoms with E-state index in [9.17, 15) is 14.4 Å². The molecular formula is C26H30N4O3. The van der Waals surface area contributed by atoms with Gasteiger partial charge in [-0.05, 0) is 32.5 Å². The minimum Gasteiger partial charge on any atom is -0.324 e. The molecule has 2 fully saturated rings. The first kappa shape index (κ1) is 21.9. The third-order valence-corrected chi connectivity index (χ3v) is 7.12. The number of fused-ring (bicyclic) bond motifs is 2. The van der Waals surface area contributed by atoms with E-state index in [1.54, 1.807) is 42.5 Å². The number of piperidine rings is 1. The van der Waals surface area contributed by atoms with Crippen molar-refractivity contribution in [3.8, 4) is 0 Å². The highest BCUT2D eigenvalue weighted by Crippen LogP contribution is 2.32. The molecule has 1 aliphatic carbocycles. The average Bonchev–Trinajstić information content (AvgIpc) is 2.83. The normalized spacial score (nSPS) is 22.0. The molecule has 1 N–H and O–H groups in total. The summed E-state index contributed by atoms with van der Waals surface area (Å²) in [5.41, 5.74) is 1.86. The summed E-state index contributed by atoms with van der Waals surface area (Å²) in [7, 11) is 2.19. The highest BCUT2D eigenvalue weighted by Gasteiger charge is 2.32. The molecule has 5 rings (SSSR count). The molecule has 33 heavy (non-hydrogen) atoms. The van der Waals surface area contributed by atoms with Crippen LogP contribution in [0.3, 0.4) is 0 Å². The van der Waals surface area contributed by atoms with E-state index in [4.69, 9.17) is 0 Å². The van der Waals surface area contributed by atoms with Crippen LogP contribution in [0.2, 0.25) is 0 Å². The molecule has 1 atom stereocenters. The zero-order chi connectivity index (χ0) is 22.9. The molecular weight excluding hydrogens is 416 g/mol. The summed E-state index contributed by atoms with van der Waals surface area (Å²) in [6.45, 7) is 6.22. The lowest BCUT2D eigenvalue weighted by Crippen LogP contribution is -2.55. The summed E-state index contributed by atoms with van der Waals surface area (Å²) in [6.07, 6.45) is 2.50. The van der Waals surface area contributed by atoms with Gasteiger partial charge >= 0.3 is 0 Å². The first-order valence-electron chi connectivity index (χ1n) is 11.8. The number of benzene rings is 2. The Labute approximate surface area is 194 Å². The van der Waals surface area contributed by atoms with Gasteiger partial charge in [-0.3, -0.25) is 24.2 Å². The maximum atomic E-state index is 13.1. The molecule has 7 heteroatoms. The zero-order valence-electron chi connectivity index (χ0n) is 19.0. The van der Waals surface area contributed by atoms with Crippen LogP contribution in [0, 0.1) is 0 Å². The lowest BCUT2D eigenvalue weighted by Gasteiger charge is -2.42. The smallest absolute Gasteiger partial charge is 0.238 e. The van der Waals surface area contributed by atoms with Gasteiger partial charge in [-0.15, -0.1) is 0 Å². The van der Waals surface area contributed by atoms with E-state index in [0.717, 1.165) is 32.7 Å². The monoisotopic (exact) mass is 446 g/mol. The summed E-state index contributed by atoms with van der Waals surface area (Å²) in [5.74, 6) is -0.559. The number of hydrogen-bond acceptors (Lipinski definition) is 6. The van der Waals surface area contributed by atoms with E-state index in [0.29, 0.717) is 34.0 Å². The van der Waals surface area contributed by atoms with E-state index < -0.39 is 0 Å². The second kappa shape index (κ2) is 9.17. The van der Waals surface area contributed by atoms with Crippen LogP contribution in [0.25, 0.3) is 0 Å². The number of amides is 1. The van der Waals surface area contributed by atoms with Gasteiger partial charge in [-0.25, -0.2) is 0 Å². The standard InChI is InChI=1S/C26H30N4O3/c1-28-11-5-6-18(16-28)30-14-12-29(13-15-30)17-23(31)27-22-10-4-9-21-24(22)26(33)20-8-3-2-7-19(20)25(21)32/h2-4,7-10,18H,5-6,11-17H2,1H3,(H,27,31). The molecule has 3 aliphatic rings. The summed E-state index contributed by atoms with van der Waals surface area (Å²) >= 11 is 0. The lowest BCUT2D eigenvalue weighted by atomic mass is 9.83. The van der Waals surface area contributed by atoms with E-state index in [-0.39, 0.29) is 24.0 Å². The lowest BCUT2D eigenvalue weighted by molar-refractivity contribution is -0.117. The maximum Gasteiger partial charge on any atom is 0.238 e. The molecule has 1 amide bonds. The molecule has 7 nitrogen and oxygen atoms in total. The predicted molar refractivity (Wildman–Crippen MR) is 127 cm³/mol. The second-order valence-electron chi connectivity index (χ2n) is 9.35. The fraction of sp³-hybridized carbons (Fsp3) is 0.423. The number of carbonyl (C=O) groups is 3. The fourth-order valence-electron chi connectivity index (χ4n) is 5.37. The first-order chi connectivity index (χ1) is 16.0. The van der Waals surface area contributed by atoms with Crippen LogP contribution >= 0.6 is 0 Å². The Morgan fingerprint density at radius 3 is 2.33 bits per heavy atom. The van der Waals surface area contributed by atoms with Crippen LogP contribution in [0.1, 0.15) is 44.7 Å². The van der Waals surface area contributed by atoms with Crippen LogP contribution in [-0.2, 0) is 4.79 Å². The van der Waals surface area contributed by atoms with Crippen LogP contribution < -0.4 is 5.32 Å². The quantitative estimate of drug-likeness (QED) is 0.662. The molecule has 0 radical (unpaired) electrons. The molecule has 172 valence electrons. The fourth-order valence-corrected chi connectivity index (χ4v) is 5.37. The van der Waals surface area contributed by atoms with Gasteiger partial charge < -0.3 is 10.2 Å². The SMILES string of the molecule is CN1CCCC(N2CCN(CC(=O)Nc3cccc4c3C(=O)c3ccccc3C4=O)CC2)C1. The number of likely N-dealkylation sites (N-methyl/N-ethyl adjacent to an activating group) is 1. The number of nitrogens with one attached hydrogen (secondary N) is 1.